The van der Waals surface area contributed by atoms with Gasteiger partial charge in [-0.2, -0.15) is 0 Å². The van der Waals surface area contributed by atoms with Crippen molar-refractivity contribution < 1.29 is 13.2 Å². The summed E-state index contributed by atoms with van der Waals surface area (Å²) in [6, 6.07) is 9.46. The van der Waals surface area contributed by atoms with Gasteiger partial charge in [-0.1, -0.05) is 32.0 Å². The molecule has 0 bridgehead atoms. The van der Waals surface area contributed by atoms with E-state index in [2.05, 4.69) is 19.2 Å². The summed E-state index contributed by atoms with van der Waals surface area (Å²) in [7, 11) is -3.97. The van der Waals surface area contributed by atoms with Gasteiger partial charge in [0.15, 0.2) is 0 Å². The Bertz CT molecular complexity index is 977. The molecule has 0 spiro atoms. The van der Waals surface area contributed by atoms with Crippen LogP contribution in [0.5, 0.6) is 0 Å². The second kappa shape index (κ2) is 8.52. The quantitative estimate of drug-likeness (QED) is 0.787. The minimum Gasteiger partial charge on any atom is -0.355 e. The number of pyridine rings is 1. The minimum atomic E-state index is -3.97. The fourth-order valence-electron chi connectivity index (χ4n) is 2.85. The van der Waals surface area contributed by atoms with Crippen molar-refractivity contribution in [3.8, 4) is 0 Å². The van der Waals surface area contributed by atoms with Gasteiger partial charge in [0.05, 0.1) is 4.90 Å². The molecule has 146 valence electrons. The lowest BCUT2D eigenvalue weighted by molar-refractivity contribution is -0.121. The largest absolute Gasteiger partial charge is 0.355 e. The highest BCUT2D eigenvalue weighted by Crippen LogP contribution is 2.21. The van der Waals surface area contributed by atoms with E-state index in [1.165, 1.54) is 16.7 Å². The number of amides is 1. The van der Waals surface area contributed by atoms with Gasteiger partial charge < -0.3 is 9.88 Å². The summed E-state index contributed by atoms with van der Waals surface area (Å²) >= 11 is 0. The van der Waals surface area contributed by atoms with E-state index in [-0.39, 0.29) is 22.2 Å². The van der Waals surface area contributed by atoms with Crippen molar-refractivity contribution in [1.29, 1.82) is 0 Å². The van der Waals surface area contributed by atoms with Crippen LogP contribution in [0.4, 0.5) is 0 Å². The van der Waals surface area contributed by atoms with Crippen LogP contribution >= 0.6 is 0 Å². The normalized spacial score (nSPS) is 11.6. The maximum Gasteiger partial charge on any atom is 0.270 e. The number of sulfone groups is 1. The van der Waals surface area contributed by atoms with Crippen LogP contribution in [-0.4, -0.2) is 25.4 Å². The maximum atomic E-state index is 13.0. The Morgan fingerprint density at radius 3 is 2.37 bits per heavy atom. The van der Waals surface area contributed by atoms with Crippen molar-refractivity contribution in [1.82, 2.24) is 9.88 Å². The van der Waals surface area contributed by atoms with Crippen molar-refractivity contribution in [2.45, 2.75) is 50.5 Å². The Kier molecular flexibility index (Phi) is 6.59. The third kappa shape index (κ3) is 4.86. The van der Waals surface area contributed by atoms with E-state index in [1.54, 1.807) is 38.1 Å². The second-order valence-electron chi connectivity index (χ2n) is 7.04. The number of rotatable bonds is 7. The lowest BCUT2D eigenvalue weighted by Gasteiger charge is -2.15. The number of carbonyl (C=O) groups excluding carboxylic acids is 1. The fraction of sp³-hybridized carbons (Fsp3) is 0.400. The lowest BCUT2D eigenvalue weighted by Crippen LogP contribution is -2.36. The first-order valence-electron chi connectivity index (χ1n) is 8.92. The van der Waals surface area contributed by atoms with Crippen LogP contribution in [0.3, 0.4) is 0 Å². The predicted octanol–water partition coefficient (Wildman–Crippen LogP) is 2.46. The van der Waals surface area contributed by atoms with Gasteiger partial charge in [0.25, 0.3) is 5.56 Å². The smallest absolute Gasteiger partial charge is 0.270 e. The van der Waals surface area contributed by atoms with Crippen molar-refractivity contribution in [2.24, 2.45) is 5.92 Å². The number of nitrogens with one attached hydrogen (secondary N) is 1. The van der Waals surface area contributed by atoms with Crippen LogP contribution in [0.15, 0.2) is 51.0 Å². The van der Waals surface area contributed by atoms with Crippen LogP contribution in [0, 0.1) is 19.8 Å². The molecule has 1 heterocycles. The molecule has 0 aliphatic rings. The zero-order valence-electron chi connectivity index (χ0n) is 16.2. The molecule has 0 saturated carbocycles. The monoisotopic (exact) mass is 390 g/mol. The minimum absolute atomic E-state index is 0.0574. The molecule has 27 heavy (non-hydrogen) atoms. The van der Waals surface area contributed by atoms with E-state index in [0.29, 0.717) is 23.7 Å². The van der Waals surface area contributed by atoms with Gasteiger partial charge in [0.1, 0.15) is 11.4 Å². The van der Waals surface area contributed by atoms with Gasteiger partial charge in [-0.15, -0.1) is 0 Å². The van der Waals surface area contributed by atoms with Gasteiger partial charge in [-0.3, -0.25) is 9.59 Å². The average molecular weight is 391 g/mol. The number of carbonyl (C=O) groups is 1. The van der Waals surface area contributed by atoms with Crippen molar-refractivity contribution in [3.05, 3.63) is 58.0 Å². The van der Waals surface area contributed by atoms with Gasteiger partial charge in [0.2, 0.25) is 15.7 Å². The van der Waals surface area contributed by atoms with E-state index in [4.69, 9.17) is 0 Å². The molecule has 2 rings (SSSR count). The number of nitrogens with zero attached hydrogens (tertiary/aromatic N) is 1. The molecule has 1 aromatic heterocycles. The summed E-state index contributed by atoms with van der Waals surface area (Å²) in [6.07, 6.45) is 0.834. The molecular formula is C20H26N2O4S. The number of hydrogen-bond acceptors (Lipinski definition) is 4. The molecule has 7 heteroatoms. The molecule has 0 radical (unpaired) electrons. The Morgan fingerprint density at radius 1 is 1.15 bits per heavy atom. The predicted molar refractivity (Wildman–Crippen MR) is 105 cm³/mol. The first kappa shape index (κ1) is 20.9. The molecule has 6 nitrogen and oxygen atoms in total. The molecule has 2 aromatic rings. The van der Waals surface area contributed by atoms with Gasteiger partial charge in [-0.05, 0) is 49.9 Å². The molecule has 0 unspecified atom stereocenters. The molecule has 0 aliphatic heterocycles. The summed E-state index contributed by atoms with van der Waals surface area (Å²) in [5.41, 5.74) is 0.247. The van der Waals surface area contributed by atoms with Crippen molar-refractivity contribution in [2.75, 3.05) is 6.54 Å². The number of hydrogen-bond donors (Lipinski definition) is 1. The Morgan fingerprint density at radius 2 is 1.78 bits per heavy atom. The van der Waals surface area contributed by atoms with E-state index >= 15 is 0 Å². The third-order valence-corrected chi connectivity index (χ3v) is 6.24. The average Bonchev–Trinajstić information content (AvgIpc) is 2.58. The number of aryl methyl sites for hydroxylation is 2. The fourth-order valence-corrected chi connectivity index (χ4v) is 4.42. The van der Waals surface area contributed by atoms with Crippen LogP contribution in [0.1, 0.15) is 31.5 Å². The summed E-state index contributed by atoms with van der Waals surface area (Å²) < 4.78 is 27.1. The molecule has 0 aliphatic carbocycles. The summed E-state index contributed by atoms with van der Waals surface area (Å²) in [5, 5.41) is 2.77. The Labute approximate surface area is 160 Å². The van der Waals surface area contributed by atoms with Crippen LogP contribution < -0.4 is 10.9 Å². The molecule has 0 saturated heterocycles. The first-order valence-corrected chi connectivity index (χ1v) is 10.4. The summed E-state index contributed by atoms with van der Waals surface area (Å²) in [6.45, 7) is 7.71. The van der Waals surface area contributed by atoms with Crippen LogP contribution in [0.2, 0.25) is 0 Å². The number of aromatic nitrogens is 1. The van der Waals surface area contributed by atoms with Gasteiger partial charge in [0, 0.05) is 12.2 Å². The second-order valence-corrected chi connectivity index (χ2v) is 8.92. The molecule has 1 aromatic carbocycles. The van der Waals surface area contributed by atoms with Crippen molar-refractivity contribution >= 4 is 15.7 Å². The first-order chi connectivity index (χ1) is 12.6. The molecule has 0 atom stereocenters. The zero-order valence-corrected chi connectivity index (χ0v) is 17.0. The maximum absolute atomic E-state index is 13.0. The topological polar surface area (TPSA) is 85.2 Å². The lowest BCUT2D eigenvalue weighted by atomic mass is 10.1. The van der Waals surface area contributed by atoms with E-state index < -0.39 is 15.4 Å². The van der Waals surface area contributed by atoms with Gasteiger partial charge in [-0.25, -0.2) is 8.42 Å². The third-order valence-electron chi connectivity index (χ3n) is 4.32. The SMILES string of the molecule is Cc1cc(C)n(CC(=O)NCCC(C)C)c(=O)c1S(=O)(=O)c1ccccc1. The molecule has 1 N–H and O–H groups in total. The number of benzene rings is 1. The van der Waals surface area contributed by atoms with E-state index in [9.17, 15) is 18.0 Å². The van der Waals surface area contributed by atoms with E-state index in [1.807, 2.05) is 0 Å². The Balaban J connectivity index is 2.41. The highest BCUT2D eigenvalue weighted by atomic mass is 32.2. The van der Waals surface area contributed by atoms with Crippen LogP contribution in [0.25, 0.3) is 0 Å². The summed E-state index contributed by atoms with van der Waals surface area (Å²) in [5.74, 6) is 0.143. The standard InChI is InChI=1S/C20H26N2O4S/c1-14(2)10-11-21-18(23)13-22-16(4)12-15(3)19(20(22)24)27(25,26)17-8-6-5-7-9-17/h5-9,12,14H,10-11,13H2,1-4H3,(H,21,23). The van der Waals surface area contributed by atoms with Crippen LogP contribution in [-0.2, 0) is 21.2 Å². The summed E-state index contributed by atoms with van der Waals surface area (Å²) in [4.78, 5) is 24.9. The zero-order chi connectivity index (χ0) is 20.2. The highest BCUT2D eigenvalue weighted by Gasteiger charge is 2.26. The van der Waals surface area contributed by atoms with Crippen molar-refractivity contribution in [3.63, 3.8) is 0 Å². The molecule has 1 amide bonds. The Hall–Kier alpha value is -2.41. The molecule has 0 fully saturated rings. The van der Waals surface area contributed by atoms with Gasteiger partial charge >= 0.3 is 0 Å². The molecular weight excluding hydrogens is 364 g/mol. The highest BCUT2D eigenvalue weighted by molar-refractivity contribution is 7.91. The van der Waals surface area contributed by atoms with E-state index in [0.717, 1.165) is 6.42 Å².